The molecule has 0 bridgehead atoms. The van der Waals surface area contributed by atoms with E-state index in [4.69, 9.17) is 18.9 Å². The Morgan fingerprint density at radius 2 is 1.73 bits per heavy atom. The number of ether oxygens (including phenoxy) is 4. The minimum Gasteiger partial charge on any atom is -0.496 e. The molecule has 2 heterocycles. The molecular formula is C28H25N3O6. The summed E-state index contributed by atoms with van der Waals surface area (Å²) in [5.41, 5.74) is 2.00. The van der Waals surface area contributed by atoms with Crippen LogP contribution in [0, 0.1) is 0 Å². The maximum absolute atomic E-state index is 13.1. The van der Waals surface area contributed by atoms with Gasteiger partial charge in [-0.1, -0.05) is 42.5 Å². The molecule has 9 nitrogen and oxygen atoms in total. The molecule has 188 valence electrons. The summed E-state index contributed by atoms with van der Waals surface area (Å²) in [4.78, 5) is 25.5. The molecule has 1 atom stereocenters. The zero-order chi connectivity index (χ0) is 25.6. The lowest BCUT2D eigenvalue weighted by atomic mass is 10.1. The van der Waals surface area contributed by atoms with Crippen molar-refractivity contribution in [3.8, 4) is 34.2 Å². The summed E-state index contributed by atoms with van der Waals surface area (Å²) in [5, 5.41) is 7.35. The van der Waals surface area contributed by atoms with Gasteiger partial charge >= 0.3 is 5.97 Å². The lowest BCUT2D eigenvalue weighted by Gasteiger charge is -2.26. The Labute approximate surface area is 213 Å². The van der Waals surface area contributed by atoms with Gasteiger partial charge in [-0.2, -0.15) is 5.10 Å². The summed E-state index contributed by atoms with van der Waals surface area (Å²) >= 11 is 0. The Morgan fingerprint density at radius 3 is 2.54 bits per heavy atom. The first-order valence-electron chi connectivity index (χ1n) is 11.7. The summed E-state index contributed by atoms with van der Waals surface area (Å²) in [6.45, 7) is 0.0615. The van der Waals surface area contributed by atoms with Crippen LogP contribution in [0.15, 0.2) is 85.1 Å². The molecule has 1 N–H and O–H groups in total. The van der Waals surface area contributed by atoms with Crippen molar-refractivity contribution >= 4 is 11.9 Å². The van der Waals surface area contributed by atoms with E-state index in [2.05, 4.69) is 10.4 Å². The molecular weight excluding hydrogens is 474 g/mol. The lowest BCUT2D eigenvalue weighted by Crippen LogP contribution is -2.42. The van der Waals surface area contributed by atoms with Crippen molar-refractivity contribution < 1.29 is 28.5 Å². The average molecular weight is 500 g/mol. The average Bonchev–Trinajstić information content (AvgIpc) is 3.40. The number of benzene rings is 3. The fourth-order valence-corrected chi connectivity index (χ4v) is 3.93. The molecule has 0 saturated heterocycles. The number of carbonyl (C=O) groups is 2. The second-order valence-electron chi connectivity index (χ2n) is 8.25. The van der Waals surface area contributed by atoms with Crippen LogP contribution in [-0.4, -0.2) is 54.6 Å². The van der Waals surface area contributed by atoms with E-state index < -0.39 is 18.5 Å². The largest absolute Gasteiger partial charge is 0.496 e. The molecule has 0 aliphatic carbocycles. The van der Waals surface area contributed by atoms with E-state index in [0.29, 0.717) is 35.1 Å². The van der Waals surface area contributed by atoms with Crippen molar-refractivity contribution in [1.29, 1.82) is 0 Å². The predicted molar refractivity (Wildman–Crippen MR) is 135 cm³/mol. The zero-order valence-corrected chi connectivity index (χ0v) is 20.1. The van der Waals surface area contributed by atoms with Gasteiger partial charge in [-0.15, -0.1) is 0 Å². The van der Waals surface area contributed by atoms with Crippen molar-refractivity contribution in [3.05, 3.63) is 90.6 Å². The number of para-hydroxylation sites is 4. The maximum Gasteiger partial charge on any atom is 0.342 e. The standard InChI is InChI=1S/C28H25N3O6/c1-34-23-12-6-5-11-21(23)27-22(16-31(30-27)19-9-3-2-4-10-19)28(33)36-18-26(32)29-15-20-17-35-24-13-7-8-14-25(24)37-20/h2-14,16,20H,15,17-18H2,1H3,(H,29,32). The third-order valence-corrected chi connectivity index (χ3v) is 5.75. The van der Waals surface area contributed by atoms with E-state index in [1.165, 1.54) is 0 Å². The predicted octanol–water partition coefficient (Wildman–Crippen LogP) is 3.66. The van der Waals surface area contributed by atoms with Gasteiger partial charge in [-0.25, -0.2) is 9.48 Å². The first-order valence-corrected chi connectivity index (χ1v) is 11.7. The quantitative estimate of drug-likeness (QED) is 0.369. The number of amides is 1. The molecule has 1 amide bonds. The second kappa shape index (κ2) is 10.9. The molecule has 0 fully saturated rings. The van der Waals surface area contributed by atoms with Gasteiger partial charge < -0.3 is 24.3 Å². The maximum atomic E-state index is 13.1. The number of nitrogens with zero attached hydrogens (tertiary/aromatic N) is 2. The topological polar surface area (TPSA) is 101 Å². The van der Waals surface area contributed by atoms with E-state index in [0.717, 1.165) is 5.69 Å². The number of carbonyl (C=O) groups excluding carboxylic acids is 2. The molecule has 1 aliphatic rings. The number of fused-ring (bicyclic) bond motifs is 1. The van der Waals surface area contributed by atoms with Gasteiger partial charge in [0.2, 0.25) is 0 Å². The number of rotatable bonds is 8. The third-order valence-electron chi connectivity index (χ3n) is 5.75. The summed E-state index contributed by atoms with van der Waals surface area (Å²) in [6, 6.07) is 24.0. The van der Waals surface area contributed by atoms with Crippen molar-refractivity contribution in [2.45, 2.75) is 6.10 Å². The number of nitrogens with one attached hydrogen (secondary N) is 1. The molecule has 4 aromatic rings. The van der Waals surface area contributed by atoms with E-state index in [1.807, 2.05) is 66.7 Å². The van der Waals surface area contributed by atoms with Crippen LogP contribution >= 0.6 is 0 Å². The molecule has 37 heavy (non-hydrogen) atoms. The van der Waals surface area contributed by atoms with E-state index >= 15 is 0 Å². The summed E-state index contributed by atoms with van der Waals surface area (Å²) < 4.78 is 23.9. The fraction of sp³-hybridized carbons (Fsp3) is 0.179. The summed E-state index contributed by atoms with van der Waals surface area (Å²) in [5.74, 6) is 0.720. The first kappa shape index (κ1) is 23.9. The minimum absolute atomic E-state index is 0.210. The molecule has 5 rings (SSSR count). The highest BCUT2D eigenvalue weighted by Crippen LogP contribution is 2.32. The highest BCUT2D eigenvalue weighted by molar-refractivity contribution is 5.98. The molecule has 0 spiro atoms. The van der Waals surface area contributed by atoms with Gasteiger partial charge in [-0.3, -0.25) is 4.79 Å². The normalized spacial score (nSPS) is 14.0. The van der Waals surface area contributed by atoms with Gasteiger partial charge in [0.25, 0.3) is 5.91 Å². The molecule has 9 heteroatoms. The Hall–Kier alpha value is -4.79. The van der Waals surface area contributed by atoms with Crippen LogP contribution in [0.1, 0.15) is 10.4 Å². The van der Waals surface area contributed by atoms with Crippen LogP contribution in [0.5, 0.6) is 17.2 Å². The molecule has 3 aromatic carbocycles. The molecule has 1 aliphatic heterocycles. The number of hydrogen-bond donors (Lipinski definition) is 1. The van der Waals surface area contributed by atoms with Crippen LogP contribution in [0.2, 0.25) is 0 Å². The third kappa shape index (κ3) is 5.40. The van der Waals surface area contributed by atoms with Gasteiger partial charge in [0.1, 0.15) is 29.7 Å². The Balaban J connectivity index is 1.26. The van der Waals surface area contributed by atoms with Crippen LogP contribution in [0.4, 0.5) is 0 Å². The Morgan fingerprint density at radius 1 is 1.00 bits per heavy atom. The number of hydrogen-bond acceptors (Lipinski definition) is 7. The van der Waals surface area contributed by atoms with E-state index in [9.17, 15) is 9.59 Å². The number of aromatic nitrogens is 2. The van der Waals surface area contributed by atoms with Crippen molar-refractivity contribution in [1.82, 2.24) is 15.1 Å². The van der Waals surface area contributed by atoms with Gasteiger partial charge in [0.05, 0.1) is 19.3 Å². The van der Waals surface area contributed by atoms with Crippen molar-refractivity contribution in [2.75, 3.05) is 26.9 Å². The lowest BCUT2D eigenvalue weighted by molar-refractivity contribution is -0.124. The van der Waals surface area contributed by atoms with E-state index in [1.54, 1.807) is 30.1 Å². The fourth-order valence-electron chi connectivity index (χ4n) is 3.93. The monoisotopic (exact) mass is 499 g/mol. The van der Waals surface area contributed by atoms with Crippen LogP contribution < -0.4 is 19.5 Å². The van der Waals surface area contributed by atoms with Crippen LogP contribution in [-0.2, 0) is 9.53 Å². The Bertz CT molecular complexity index is 1400. The van der Waals surface area contributed by atoms with E-state index in [-0.39, 0.29) is 18.2 Å². The number of esters is 1. The molecule has 1 unspecified atom stereocenters. The Kier molecular flexibility index (Phi) is 7.02. The minimum atomic E-state index is -0.676. The highest BCUT2D eigenvalue weighted by Gasteiger charge is 2.24. The smallest absolute Gasteiger partial charge is 0.342 e. The summed E-state index contributed by atoms with van der Waals surface area (Å²) in [7, 11) is 1.55. The SMILES string of the molecule is COc1ccccc1-c1nn(-c2ccccc2)cc1C(=O)OCC(=O)NCC1COc2ccccc2O1. The zero-order valence-electron chi connectivity index (χ0n) is 20.1. The van der Waals surface area contributed by atoms with Gasteiger partial charge in [-0.05, 0) is 36.4 Å². The highest BCUT2D eigenvalue weighted by atomic mass is 16.6. The van der Waals surface area contributed by atoms with Crippen LogP contribution in [0.25, 0.3) is 16.9 Å². The molecule has 0 saturated carbocycles. The molecule has 1 aromatic heterocycles. The summed E-state index contributed by atoms with van der Waals surface area (Å²) in [6.07, 6.45) is 1.23. The van der Waals surface area contributed by atoms with Crippen LogP contribution in [0.3, 0.4) is 0 Å². The molecule has 0 radical (unpaired) electrons. The van der Waals surface area contributed by atoms with Gasteiger partial charge in [0.15, 0.2) is 18.1 Å². The van der Waals surface area contributed by atoms with Crippen molar-refractivity contribution in [2.24, 2.45) is 0 Å². The number of methoxy groups -OCH3 is 1. The van der Waals surface area contributed by atoms with Gasteiger partial charge in [0, 0.05) is 11.8 Å². The second-order valence-corrected chi connectivity index (χ2v) is 8.25. The van der Waals surface area contributed by atoms with Crippen molar-refractivity contribution in [3.63, 3.8) is 0 Å². The first-order chi connectivity index (χ1) is 18.1.